The monoisotopic (exact) mass is 199 g/mol. The molecule has 5 heteroatoms. The van der Waals surface area contributed by atoms with E-state index in [-0.39, 0.29) is 4.17 Å². The normalized spacial score (nSPS) is 10.6. The topological polar surface area (TPSA) is 12.9 Å². The quantitative estimate of drug-likeness (QED) is 0.537. The van der Waals surface area contributed by atoms with Gasteiger partial charge in [0, 0.05) is 10.3 Å². The van der Waals surface area contributed by atoms with Crippen LogP contribution in [0.1, 0.15) is 0 Å². The summed E-state index contributed by atoms with van der Waals surface area (Å²) in [5.41, 5.74) is 0. The Morgan fingerprint density at radius 3 is 2.89 bits per heavy atom. The van der Waals surface area contributed by atoms with E-state index in [0.29, 0.717) is 0 Å². The molecule has 0 amide bonds. The van der Waals surface area contributed by atoms with Gasteiger partial charge in [0.2, 0.25) is 0 Å². The minimum absolute atomic E-state index is 0.388. The maximum atomic E-state index is 5.47. The lowest BCUT2D eigenvalue weighted by molar-refractivity contribution is 1.44. The van der Waals surface area contributed by atoms with Crippen molar-refractivity contribution in [2.45, 2.75) is 9.06 Å². The summed E-state index contributed by atoms with van der Waals surface area (Å²) < 4.78 is 3.49. The molecule has 0 radical (unpaired) electrons. The van der Waals surface area contributed by atoms with E-state index in [4.69, 9.17) is 23.2 Å². The van der Waals surface area contributed by atoms with Gasteiger partial charge in [-0.3, -0.25) is 0 Å². The summed E-state index contributed by atoms with van der Waals surface area (Å²) in [4.78, 5) is 1.02. The first-order valence-electron chi connectivity index (χ1n) is 2.13. The average Bonchev–Trinajstić information content (AvgIpc) is 2.15. The SMILES string of the molecule is ClC(Cl)Sc1cnsc1. The Hall–Kier alpha value is 0.560. The van der Waals surface area contributed by atoms with Crippen LogP contribution in [0.4, 0.5) is 0 Å². The highest BCUT2D eigenvalue weighted by Crippen LogP contribution is 2.28. The Bertz CT molecular complexity index is 163. The predicted octanol–water partition coefficient (Wildman–Crippen LogP) is 3.00. The molecular weight excluding hydrogens is 197 g/mol. The van der Waals surface area contributed by atoms with Crippen LogP contribution in [0.3, 0.4) is 0 Å². The Morgan fingerprint density at radius 1 is 1.67 bits per heavy atom. The van der Waals surface area contributed by atoms with Crippen LogP contribution in [0.5, 0.6) is 0 Å². The van der Waals surface area contributed by atoms with Crippen molar-refractivity contribution in [3.05, 3.63) is 11.6 Å². The number of hydrogen-bond acceptors (Lipinski definition) is 3. The van der Waals surface area contributed by atoms with Gasteiger partial charge in [-0.25, -0.2) is 0 Å². The average molecular weight is 200 g/mol. The van der Waals surface area contributed by atoms with Crippen LogP contribution in [0.2, 0.25) is 0 Å². The summed E-state index contributed by atoms with van der Waals surface area (Å²) in [5, 5.41) is 1.91. The van der Waals surface area contributed by atoms with Gasteiger partial charge in [-0.05, 0) is 11.5 Å². The number of thioether (sulfide) groups is 1. The van der Waals surface area contributed by atoms with Crippen molar-refractivity contribution >= 4 is 46.5 Å². The number of nitrogens with zero attached hydrogens (tertiary/aromatic N) is 1. The zero-order chi connectivity index (χ0) is 6.69. The van der Waals surface area contributed by atoms with Crippen molar-refractivity contribution < 1.29 is 0 Å². The zero-order valence-electron chi connectivity index (χ0n) is 4.25. The van der Waals surface area contributed by atoms with E-state index in [2.05, 4.69) is 4.37 Å². The standard InChI is InChI=1S/C4H3Cl2NS2/c5-4(6)9-3-1-7-8-2-3/h1-2,4H. The summed E-state index contributed by atoms with van der Waals surface area (Å²) in [6.07, 6.45) is 1.74. The molecule has 0 unspecified atom stereocenters. The molecule has 0 saturated carbocycles. The molecule has 0 aromatic carbocycles. The highest BCUT2D eigenvalue weighted by molar-refractivity contribution is 8.02. The molecule has 0 aliphatic heterocycles. The smallest absolute Gasteiger partial charge is 0.157 e. The van der Waals surface area contributed by atoms with Gasteiger partial charge in [-0.15, -0.1) is 0 Å². The molecule has 0 bridgehead atoms. The van der Waals surface area contributed by atoms with Gasteiger partial charge in [0.25, 0.3) is 0 Å². The van der Waals surface area contributed by atoms with E-state index in [1.165, 1.54) is 23.3 Å². The van der Waals surface area contributed by atoms with Crippen LogP contribution < -0.4 is 0 Å². The van der Waals surface area contributed by atoms with E-state index >= 15 is 0 Å². The van der Waals surface area contributed by atoms with Gasteiger partial charge in [-0.1, -0.05) is 35.0 Å². The van der Waals surface area contributed by atoms with Crippen LogP contribution in [0.15, 0.2) is 16.5 Å². The molecule has 50 valence electrons. The van der Waals surface area contributed by atoms with Crippen molar-refractivity contribution in [3.8, 4) is 0 Å². The second-order valence-corrected chi connectivity index (χ2v) is 4.69. The summed E-state index contributed by atoms with van der Waals surface area (Å²) in [6.45, 7) is 0. The fraction of sp³-hybridized carbons (Fsp3) is 0.250. The number of hydrogen-bond donors (Lipinski definition) is 0. The van der Waals surface area contributed by atoms with Gasteiger partial charge in [0.1, 0.15) is 0 Å². The first-order valence-corrected chi connectivity index (χ1v) is 4.72. The third kappa shape index (κ3) is 2.76. The maximum absolute atomic E-state index is 5.47. The minimum Gasteiger partial charge on any atom is -0.200 e. The molecule has 1 rings (SSSR count). The number of aromatic nitrogens is 1. The van der Waals surface area contributed by atoms with Crippen molar-refractivity contribution in [1.82, 2.24) is 4.37 Å². The number of rotatable bonds is 2. The Balaban J connectivity index is 2.48. The maximum Gasteiger partial charge on any atom is 0.157 e. The molecule has 1 aromatic rings. The molecule has 0 saturated heterocycles. The van der Waals surface area contributed by atoms with Gasteiger partial charge in [-0.2, -0.15) is 4.37 Å². The highest BCUT2D eigenvalue weighted by Gasteiger charge is 2.00. The highest BCUT2D eigenvalue weighted by atomic mass is 35.5. The molecule has 0 aliphatic rings. The molecule has 0 aliphatic carbocycles. The van der Waals surface area contributed by atoms with E-state index in [1.54, 1.807) is 6.20 Å². The van der Waals surface area contributed by atoms with Crippen LogP contribution in [-0.4, -0.2) is 8.54 Å². The van der Waals surface area contributed by atoms with Crippen LogP contribution in [0, 0.1) is 0 Å². The van der Waals surface area contributed by atoms with E-state index < -0.39 is 0 Å². The van der Waals surface area contributed by atoms with Crippen molar-refractivity contribution in [2.24, 2.45) is 0 Å². The first kappa shape index (κ1) is 7.66. The van der Waals surface area contributed by atoms with Gasteiger partial charge in [0.05, 0.1) is 6.20 Å². The van der Waals surface area contributed by atoms with Gasteiger partial charge >= 0.3 is 0 Å². The van der Waals surface area contributed by atoms with Gasteiger partial charge in [0.15, 0.2) is 4.17 Å². The van der Waals surface area contributed by atoms with Crippen molar-refractivity contribution in [1.29, 1.82) is 0 Å². The first-order chi connectivity index (χ1) is 4.29. The van der Waals surface area contributed by atoms with Crippen molar-refractivity contribution in [2.75, 3.05) is 0 Å². The Morgan fingerprint density at radius 2 is 2.44 bits per heavy atom. The summed E-state index contributed by atoms with van der Waals surface area (Å²) in [6, 6.07) is 0. The molecular formula is C4H3Cl2NS2. The fourth-order valence-corrected chi connectivity index (χ4v) is 2.11. The zero-order valence-corrected chi connectivity index (χ0v) is 7.40. The van der Waals surface area contributed by atoms with E-state index in [9.17, 15) is 0 Å². The van der Waals surface area contributed by atoms with Crippen LogP contribution >= 0.6 is 46.5 Å². The predicted molar refractivity (Wildman–Crippen MR) is 43.5 cm³/mol. The van der Waals surface area contributed by atoms with Crippen LogP contribution in [0.25, 0.3) is 0 Å². The van der Waals surface area contributed by atoms with Gasteiger partial charge < -0.3 is 0 Å². The largest absolute Gasteiger partial charge is 0.200 e. The van der Waals surface area contributed by atoms with E-state index in [1.807, 2.05) is 5.38 Å². The second kappa shape index (κ2) is 3.66. The Kier molecular flexibility index (Phi) is 3.12. The van der Waals surface area contributed by atoms with E-state index in [0.717, 1.165) is 4.90 Å². The lowest BCUT2D eigenvalue weighted by Crippen LogP contribution is -1.72. The lowest BCUT2D eigenvalue weighted by atomic mass is 10.8. The van der Waals surface area contributed by atoms with Crippen LogP contribution in [-0.2, 0) is 0 Å². The molecule has 0 N–H and O–H groups in total. The third-order valence-corrected chi connectivity index (χ3v) is 2.58. The third-order valence-electron chi connectivity index (χ3n) is 0.635. The fourth-order valence-electron chi connectivity index (χ4n) is 0.356. The Labute approximate surface area is 71.5 Å². The second-order valence-electron chi connectivity index (χ2n) is 1.24. The molecule has 0 fully saturated rings. The molecule has 1 heterocycles. The summed E-state index contributed by atoms with van der Waals surface area (Å²) >= 11 is 13.7. The molecule has 1 aromatic heterocycles. The lowest BCUT2D eigenvalue weighted by Gasteiger charge is -1.93. The molecule has 0 atom stereocenters. The number of halogens is 2. The summed E-state index contributed by atoms with van der Waals surface area (Å²) in [7, 11) is 0. The molecule has 0 spiro atoms. The molecule has 9 heavy (non-hydrogen) atoms. The van der Waals surface area contributed by atoms with Crippen molar-refractivity contribution in [3.63, 3.8) is 0 Å². The number of alkyl halides is 2. The minimum atomic E-state index is -0.388. The molecule has 1 nitrogen and oxygen atoms in total. The summed E-state index contributed by atoms with van der Waals surface area (Å²) in [5.74, 6) is 0.